The molecule has 4 amide bonds. The zero-order valence-electron chi connectivity index (χ0n) is 20.3. The maximum atomic E-state index is 13.2. The normalized spacial score (nSPS) is 19.6. The van der Waals surface area contributed by atoms with Crippen molar-refractivity contribution in [3.8, 4) is 5.75 Å². The van der Waals surface area contributed by atoms with Gasteiger partial charge in [-0.1, -0.05) is 12.1 Å². The second-order valence-electron chi connectivity index (χ2n) is 8.70. The van der Waals surface area contributed by atoms with E-state index in [-0.39, 0.29) is 31.7 Å². The molecule has 2 heterocycles. The first-order valence-corrected chi connectivity index (χ1v) is 11.5. The summed E-state index contributed by atoms with van der Waals surface area (Å²) < 4.78 is 10.9. The molecule has 0 aromatic heterocycles. The van der Waals surface area contributed by atoms with Gasteiger partial charge < -0.3 is 24.6 Å². The van der Waals surface area contributed by atoms with E-state index in [2.05, 4.69) is 5.32 Å². The Labute approximate surface area is 203 Å². The number of Topliss-reactive ketones (excluding diaryl/α,β-unsaturated/α-hetero) is 2. The monoisotopic (exact) mass is 487 g/mol. The summed E-state index contributed by atoms with van der Waals surface area (Å²) in [5.74, 6) is -2.69. The summed E-state index contributed by atoms with van der Waals surface area (Å²) in [6.07, 6.45) is -0.607. The van der Waals surface area contributed by atoms with Crippen molar-refractivity contribution in [3.63, 3.8) is 0 Å². The molecule has 3 atom stereocenters. The van der Waals surface area contributed by atoms with E-state index >= 15 is 0 Å². The maximum Gasteiger partial charge on any atom is 0.526 e. The number of piperazine rings is 1. The van der Waals surface area contributed by atoms with E-state index in [4.69, 9.17) is 9.39 Å². The topological polar surface area (TPSA) is 143 Å². The number of nitrogens with one attached hydrogen (secondary N) is 1. The molecule has 0 radical (unpaired) electrons. The van der Waals surface area contributed by atoms with Gasteiger partial charge in [0.15, 0.2) is 11.6 Å². The number of urea groups is 1. The third-order valence-corrected chi connectivity index (χ3v) is 6.47. The quantitative estimate of drug-likeness (QED) is 0.306. The highest BCUT2D eigenvalue weighted by Gasteiger charge is 2.41. The number of likely N-dealkylation sites (N-methyl/N-ethyl adjacent to an activating group) is 1. The van der Waals surface area contributed by atoms with E-state index in [9.17, 15) is 29.0 Å². The molecule has 1 aromatic rings. The van der Waals surface area contributed by atoms with Gasteiger partial charge in [0.25, 0.3) is 0 Å². The first kappa shape index (κ1) is 26.4. The van der Waals surface area contributed by atoms with Gasteiger partial charge in [-0.3, -0.25) is 24.1 Å². The van der Waals surface area contributed by atoms with Gasteiger partial charge in [0.2, 0.25) is 0 Å². The standard InChI is InChI=1S/C23H30BN3O8/c1-5-26-9-10-27(22(31)21(26)30)23(32)25-19(14(3)34-4)18(29)12-16-11-15-7-6-8-17(13(2)28)20(15)35-24(16)33/h6-8,14,16,19,33H,5,9-12H2,1-4H3,(H,25,32)/t14-,16+,19-/m0/s1. The molecule has 3 rings (SSSR count). The van der Waals surface area contributed by atoms with Crippen LogP contribution in [0.1, 0.15) is 43.1 Å². The fraction of sp³-hybridized carbons (Fsp3) is 0.522. The zero-order valence-corrected chi connectivity index (χ0v) is 20.3. The average Bonchev–Trinajstić information content (AvgIpc) is 2.83. The van der Waals surface area contributed by atoms with E-state index in [1.165, 1.54) is 18.9 Å². The number of imide groups is 1. The lowest BCUT2D eigenvalue weighted by Gasteiger charge is -2.34. The number of hydrogen-bond donors (Lipinski definition) is 2. The number of methoxy groups -OCH3 is 1. The number of amides is 4. The average molecular weight is 487 g/mol. The number of carbonyl (C=O) groups excluding carboxylic acids is 5. The minimum atomic E-state index is -1.33. The van der Waals surface area contributed by atoms with Gasteiger partial charge >= 0.3 is 25.0 Å². The van der Waals surface area contributed by atoms with Crippen molar-refractivity contribution in [1.82, 2.24) is 15.1 Å². The number of carbonyl (C=O) groups is 5. The molecule has 0 spiro atoms. The first-order chi connectivity index (χ1) is 16.6. The van der Waals surface area contributed by atoms with Crippen LogP contribution in [0.4, 0.5) is 4.79 Å². The number of nitrogens with zero attached hydrogens (tertiary/aromatic N) is 2. The molecule has 0 saturated carbocycles. The summed E-state index contributed by atoms with van der Waals surface area (Å²) in [5.41, 5.74) is 1.05. The Hall–Kier alpha value is -3.25. The highest BCUT2D eigenvalue weighted by Crippen LogP contribution is 2.36. The molecule has 2 N–H and O–H groups in total. The Bertz CT molecular complexity index is 1030. The van der Waals surface area contributed by atoms with Crippen LogP contribution in [0.3, 0.4) is 0 Å². The van der Waals surface area contributed by atoms with Crippen LogP contribution < -0.4 is 9.97 Å². The number of ketones is 2. The van der Waals surface area contributed by atoms with E-state index in [0.29, 0.717) is 23.4 Å². The molecule has 1 aromatic carbocycles. The van der Waals surface area contributed by atoms with Crippen LogP contribution in [-0.4, -0.2) is 90.2 Å². The van der Waals surface area contributed by atoms with E-state index in [1.807, 2.05) is 0 Å². The van der Waals surface area contributed by atoms with Gasteiger partial charge in [-0.25, -0.2) is 4.79 Å². The molecular weight excluding hydrogens is 457 g/mol. The molecule has 2 aliphatic heterocycles. The van der Waals surface area contributed by atoms with Crippen LogP contribution >= 0.6 is 0 Å². The zero-order chi connectivity index (χ0) is 25.9. The molecule has 35 heavy (non-hydrogen) atoms. The molecule has 1 fully saturated rings. The lowest BCUT2D eigenvalue weighted by Crippen LogP contribution is -2.61. The lowest BCUT2D eigenvalue weighted by atomic mass is 9.64. The van der Waals surface area contributed by atoms with Crippen LogP contribution in [0.2, 0.25) is 5.82 Å². The van der Waals surface area contributed by atoms with Gasteiger partial charge in [0.1, 0.15) is 11.8 Å². The minimum Gasteiger partial charge on any atom is -0.535 e. The number of hydrogen-bond acceptors (Lipinski definition) is 8. The fourth-order valence-electron chi connectivity index (χ4n) is 4.30. The van der Waals surface area contributed by atoms with Crippen LogP contribution in [0, 0.1) is 0 Å². The Morgan fingerprint density at radius 3 is 2.60 bits per heavy atom. The van der Waals surface area contributed by atoms with E-state index in [0.717, 1.165) is 4.90 Å². The number of para-hydroxylation sites is 1. The highest BCUT2D eigenvalue weighted by atomic mass is 16.5. The summed E-state index contributed by atoms with van der Waals surface area (Å²) in [6, 6.07) is 3.09. The Balaban J connectivity index is 1.72. The van der Waals surface area contributed by atoms with Crippen molar-refractivity contribution in [2.75, 3.05) is 26.7 Å². The summed E-state index contributed by atoms with van der Waals surface area (Å²) in [5, 5.41) is 13.1. The van der Waals surface area contributed by atoms with Gasteiger partial charge in [-0.05, 0) is 38.8 Å². The predicted octanol–water partition coefficient (Wildman–Crippen LogP) is 0.438. The molecule has 11 nitrogen and oxygen atoms in total. The van der Waals surface area contributed by atoms with Crippen molar-refractivity contribution < 1.29 is 38.4 Å². The molecule has 0 unspecified atom stereocenters. The molecular formula is C23H30BN3O8. The Morgan fingerprint density at radius 2 is 1.97 bits per heavy atom. The van der Waals surface area contributed by atoms with E-state index in [1.54, 1.807) is 32.0 Å². The van der Waals surface area contributed by atoms with Gasteiger partial charge in [0, 0.05) is 39.0 Å². The SMILES string of the molecule is CCN1CCN(C(=O)N[C@H](C(=O)C[C@H]2Cc3cccc(C(C)=O)c3OB2O)[C@H](C)OC)C(=O)C1=O. The van der Waals surface area contributed by atoms with E-state index < -0.39 is 48.7 Å². The molecule has 188 valence electrons. The van der Waals surface area contributed by atoms with Crippen molar-refractivity contribution in [2.24, 2.45) is 0 Å². The lowest BCUT2D eigenvalue weighted by molar-refractivity contribution is -0.153. The molecule has 12 heteroatoms. The van der Waals surface area contributed by atoms with Crippen LogP contribution in [-0.2, 0) is 25.5 Å². The summed E-state index contributed by atoms with van der Waals surface area (Å²) in [7, 11) is 0.0478. The minimum absolute atomic E-state index is 0.0109. The molecule has 0 aliphatic carbocycles. The van der Waals surface area contributed by atoms with Gasteiger partial charge in [-0.2, -0.15) is 0 Å². The number of benzene rings is 1. The number of rotatable bonds is 8. The summed E-state index contributed by atoms with van der Waals surface area (Å²) >= 11 is 0. The summed E-state index contributed by atoms with van der Waals surface area (Å²) in [6.45, 7) is 5.30. The van der Waals surface area contributed by atoms with Crippen molar-refractivity contribution in [1.29, 1.82) is 0 Å². The van der Waals surface area contributed by atoms with Crippen molar-refractivity contribution >= 4 is 36.5 Å². The number of ether oxygens (including phenoxy) is 1. The molecule has 1 saturated heterocycles. The van der Waals surface area contributed by atoms with Crippen molar-refractivity contribution in [3.05, 3.63) is 29.3 Å². The predicted molar refractivity (Wildman–Crippen MR) is 125 cm³/mol. The second-order valence-corrected chi connectivity index (χ2v) is 8.70. The third-order valence-electron chi connectivity index (χ3n) is 6.47. The van der Waals surface area contributed by atoms with Crippen LogP contribution in [0.25, 0.3) is 0 Å². The van der Waals surface area contributed by atoms with Crippen LogP contribution in [0.15, 0.2) is 18.2 Å². The third kappa shape index (κ3) is 5.54. The Kier molecular flexibility index (Phi) is 8.28. The highest BCUT2D eigenvalue weighted by molar-refractivity contribution is 6.47. The fourth-order valence-corrected chi connectivity index (χ4v) is 4.30. The maximum absolute atomic E-state index is 13.2. The summed E-state index contributed by atoms with van der Waals surface area (Å²) in [4.78, 5) is 64.5. The van der Waals surface area contributed by atoms with Gasteiger partial charge in [-0.15, -0.1) is 0 Å². The Morgan fingerprint density at radius 1 is 1.26 bits per heavy atom. The smallest absolute Gasteiger partial charge is 0.526 e. The van der Waals surface area contributed by atoms with Crippen LogP contribution in [0.5, 0.6) is 5.75 Å². The number of fused-ring (bicyclic) bond motifs is 1. The van der Waals surface area contributed by atoms with Gasteiger partial charge in [0.05, 0.1) is 11.7 Å². The molecule has 0 bridgehead atoms. The largest absolute Gasteiger partial charge is 0.535 e. The first-order valence-electron chi connectivity index (χ1n) is 11.5. The second kappa shape index (κ2) is 11.0. The molecule has 2 aliphatic rings. The van der Waals surface area contributed by atoms with Crippen molar-refractivity contribution in [2.45, 2.75) is 51.6 Å².